The summed E-state index contributed by atoms with van der Waals surface area (Å²) in [5, 5.41) is 8.13. The van der Waals surface area contributed by atoms with Gasteiger partial charge in [0.25, 0.3) is 0 Å². The fraction of sp³-hybridized carbons (Fsp3) is 0. The van der Waals surface area contributed by atoms with E-state index >= 15 is 0 Å². The van der Waals surface area contributed by atoms with Gasteiger partial charge in [-0.05, 0) is 30.3 Å². The molecule has 0 saturated carbocycles. The van der Waals surface area contributed by atoms with Crippen LogP contribution < -0.4 is 0 Å². The Morgan fingerprint density at radius 3 is 2.42 bits per heavy atom. The maximum absolute atomic E-state index is 13.0. The molecule has 94 valence electrons. The highest BCUT2D eigenvalue weighted by Gasteiger charge is 2.13. The first kappa shape index (κ1) is 11.9. The fourth-order valence-electron chi connectivity index (χ4n) is 1.69. The van der Waals surface area contributed by atoms with Crippen LogP contribution in [0.4, 0.5) is 4.39 Å². The second kappa shape index (κ2) is 4.82. The van der Waals surface area contributed by atoms with Crippen molar-refractivity contribution >= 4 is 11.6 Å². The molecule has 0 amide bonds. The summed E-state index contributed by atoms with van der Waals surface area (Å²) in [6, 6.07) is 13.4. The Balaban J connectivity index is 2.02. The second-order valence-corrected chi connectivity index (χ2v) is 4.31. The number of nitrogens with zero attached hydrogens (tertiary/aromatic N) is 2. The maximum atomic E-state index is 13.0. The molecular weight excluding hydrogens is 267 g/mol. The quantitative estimate of drug-likeness (QED) is 0.703. The van der Waals surface area contributed by atoms with Crippen LogP contribution in [0.3, 0.4) is 0 Å². The summed E-state index contributed by atoms with van der Waals surface area (Å²) >= 11 is 5.95. The minimum absolute atomic E-state index is 0.239. The summed E-state index contributed by atoms with van der Waals surface area (Å²) in [7, 11) is 0. The van der Waals surface area contributed by atoms with Crippen LogP contribution in [0.2, 0.25) is 5.02 Å². The van der Waals surface area contributed by atoms with Gasteiger partial charge in [0.15, 0.2) is 0 Å². The lowest BCUT2D eigenvalue weighted by molar-refractivity contribution is 0.584. The summed E-state index contributed by atoms with van der Waals surface area (Å²) in [4.78, 5) is 0. The third kappa shape index (κ3) is 2.35. The molecule has 0 radical (unpaired) electrons. The summed E-state index contributed by atoms with van der Waals surface area (Å²) in [5.41, 5.74) is 1.33. The van der Waals surface area contributed by atoms with E-state index in [0.717, 1.165) is 5.56 Å². The molecule has 0 spiro atoms. The van der Waals surface area contributed by atoms with Gasteiger partial charge in [-0.25, -0.2) is 4.39 Å². The van der Waals surface area contributed by atoms with E-state index in [9.17, 15) is 4.39 Å². The predicted octanol–water partition coefficient (Wildman–Crippen LogP) is 4.20. The lowest BCUT2D eigenvalue weighted by Gasteiger charge is -1.98. The van der Waals surface area contributed by atoms with Gasteiger partial charge in [0.2, 0.25) is 11.8 Å². The van der Waals surface area contributed by atoms with Crippen molar-refractivity contribution in [1.82, 2.24) is 10.2 Å². The highest BCUT2D eigenvalue weighted by molar-refractivity contribution is 6.33. The van der Waals surface area contributed by atoms with Gasteiger partial charge in [-0.2, -0.15) is 0 Å². The van der Waals surface area contributed by atoms with Gasteiger partial charge in [0.1, 0.15) is 5.82 Å². The van der Waals surface area contributed by atoms with Gasteiger partial charge in [-0.15, -0.1) is 10.2 Å². The number of benzene rings is 2. The Bertz CT molecular complexity index is 712. The molecule has 3 rings (SSSR count). The van der Waals surface area contributed by atoms with E-state index < -0.39 is 5.82 Å². The molecule has 1 aromatic heterocycles. The summed E-state index contributed by atoms with van der Waals surface area (Å²) in [6.07, 6.45) is 0. The van der Waals surface area contributed by atoms with Crippen molar-refractivity contribution in [2.75, 3.05) is 0 Å². The molecule has 0 unspecified atom stereocenters. The van der Waals surface area contributed by atoms with Gasteiger partial charge in [0.05, 0.1) is 10.6 Å². The molecule has 0 aliphatic rings. The average Bonchev–Trinajstić information content (AvgIpc) is 2.89. The van der Waals surface area contributed by atoms with E-state index in [4.69, 9.17) is 16.0 Å². The average molecular weight is 275 g/mol. The van der Waals surface area contributed by atoms with Crippen molar-refractivity contribution in [2.24, 2.45) is 0 Å². The zero-order chi connectivity index (χ0) is 13.2. The van der Waals surface area contributed by atoms with Gasteiger partial charge in [-0.1, -0.05) is 29.8 Å². The molecule has 0 aliphatic heterocycles. The molecule has 0 N–H and O–H groups in total. The van der Waals surface area contributed by atoms with E-state index in [0.29, 0.717) is 11.5 Å². The third-order valence-corrected chi connectivity index (χ3v) is 2.92. The van der Waals surface area contributed by atoms with Crippen LogP contribution in [-0.2, 0) is 0 Å². The van der Waals surface area contributed by atoms with E-state index in [1.807, 2.05) is 30.3 Å². The van der Waals surface area contributed by atoms with Crippen LogP contribution in [0, 0.1) is 5.82 Å². The molecule has 0 atom stereocenters. The van der Waals surface area contributed by atoms with Crippen molar-refractivity contribution in [3.63, 3.8) is 0 Å². The van der Waals surface area contributed by atoms with Gasteiger partial charge in [0, 0.05) is 5.56 Å². The highest BCUT2D eigenvalue weighted by Crippen LogP contribution is 2.29. The molecule has 2 aromatic carbocycles. The highest BCUT2D eigenvalue weighted by atomic mass is 35.5. The molecule has 0 saturated heterocycles. The Morgan fingerprint density at radius 2 is 1.68 bits per heavy atom. The molecule has 3 nitrogen and oxygen atoms in total. The van der Waals surface area contributed by atoms with Crippen LogP contribution in [0.5, 0.6) is 0 Å². The van der Waals surface area contributed by atoms with Crippen molar-refractivity contribution in [3.8, 4) is 22.9 Å². The monoisotopic (exact) mass is 274 g/mol. The number of aromatic nitrogens is 2. The SMILES string of the molecule is Fc1ccc(-c2nnc(-c3ccccc3)o2)c(Cl)c1. The summed E-state index contributed by atoms with van der Waals surface area (Å²) in [6.45, 7) is 0. The molecule has 0 bridgehead atoms. The van der Waals surface area contributed by atoms with Crippen molar-refractivity contribution in [1.29, 1.82) is 0 Å². The Hall–Kier alpha value is -2.20. The Kier molecular flexibility index (Phi) is 3.01. The molecule has 0 fully saturated rings. The Morgan fingerprint density at radius 1 is 0.947 bits per heavy atom. The minimum Gasteiger partial charge on any atom is -0.416 e. The van der Waals surface area contributed by atoms with Crippen LogP contribution in [0.1, 0.15) is 0 Å². The van der Waals surface area contributed by atoms with Crippen LogP contribution in [0.25, 0.3) is 22.9 Å². The van der Waals surface area contributed by atoms with Crippen LogP contribution in [0.15, 0.2) is 52.9 Å². The molecule has 19 heavy (non-hydrogen) atoms. The Labute approximate surface area is 113 Å². The van der Waals surface area contributed by atoms with Crippen LogP contribution in [-0.4, -0.2) is 10.2 Å². The first-order chi connectivity index (χ1) is 9.24. The fourth-order valence-corrected chi connectivity index (χ4v) is 1.94. The number of hydrogen-bond donors (Lipinski definition) is 0. The summed E-state index contributed by atoms with van der Waals surface area (Å²) < 4.78 is 18.5. The third-order valence-electron chi connectivity index (χ3n) is 2.61. The molecule has 0 aliphatic carbocycles. The van der Waals surface area contributed by atoms with Crippen LogP contribution >= 0.6 is 11.6 Å². The number of rotatable bonds is 2. The second-order valence-electron chi connectivity index (χ2n) is 3.90. The smallest absolute Gasteiger partial charge is 0.249 e. The first-order valence-corrected chi connectivity index (χ1v) is 5.96. The van der Waals surface area contributed by atoms with Crippen molar-refractivity contribution in [2.45, 2.75) is 0 Å². The van der Waals surface area contributed by atoms with Crippen molar-refractivity contribution in [3.05, 3.63) is 59.4 Å². The first-order valence-electron chi connectivity index (χ1n) is 5.58. The normalized spacial score (nSPS) is 10.6. The minimum atomic E-state index is -0.406. The van der Waals surface area contributed by atoms with Gasteiger partial charge in [-0.3, -0.25) is 0 Å². The van der Waals surface area contributed by atoms with E-state index in [1.165, 1.54) is 18.2 Å². The topological polar surface area (TPSA) is 38.9 Å². The molecule has 3 aromatic rings. The van der Waals surface area contributed by atoms with Gasteiger partial charge < -0.3 is 4.42 Å². The predicted molar refractivity (Wildman–Crippen MR) is 70.1 cm³/mol. The number of halogens is 2. The maximum Gasteiger partial charge on any atom is 0.249 e. The standard InChI is InChI=1S/C14H8ClFN2O/c15-12-8-10(16)6-7-11(12)14-18-17-13(19-14)9-4-2-1-3-5-9/h1-8H. The lowest BCUT2D eigenvalue weighted by atomic mass is 10.2. The zero-order valence-corrected chi connectivity index (χ0v) is 10.4. The molecular formula is C14H8ClFN2O. The molecule has 1 heterocycles. The number of hydrogen-bond acceptors (Lipinski definition) is 3. The lowest BCUT2D eigenvalue weighted by Crippen LogP contribution is -1.81. The van der Waals surface area contributed by atoms with E-state index in [2.05, 4.69) is 10.2 Å². The zero-order valence-electron chi connectivity index (χ0n) is 9.68. The summed E-state index contributed by atoms with van der Waals surface area (Å²) in [5.74, 6) is 0.261. The van der Waals surface area contributed by atoms with E-state index in [-0.39, 0.29) is 10.9 Å². The van der Waals surface area contributed by atoms with E-state index in [1.54, 1.807) is 0 Å². The largest absolute Gasteiger partial charge is 0.416 e. The van der Waals surface area contributed by atoms with Gasteiger partial charge >= 0.3 is 0 Å². The van der Waals surface area contributed by atoms with Crippen molar-refractivity contribution < 1.29 is 8.81 Å². The molecule has 5 heteroatoms.